The molecule has 0 aromatic heterocycles. The second-order valence-corrected chi connectivity index (χ2v) is 4.48. The van der Waals surface area contributed by atoms with Crippen LogP contribution in [0.3, 0.4) is 0 Å². The van der Waals surface area contributed by atoms with Crippen molar-refractivity contribution < 1.29 is 18.7 Å². The molecule has 98 valence electrons. The summed E-state index contributed by atoms with van der Waals surface area (Å²) in [6.07, 6.45) is 1.93. The standard InChI is InChI=1S/C13H16FNO3/c1-8-2-4-10(18-8)7-17-13(16)11-5-3-9(15)6-12(11)14/h3,5-6,8,10H,2,4,7,15H2,1H3. The van der Waals surface area contributed by atoms with Gasteiger partial charge in [-0.05, 0) is 38.0 Å². The van der Waals surface area contributed by atoms with Crippen molar-refractivity contribution in [3.8, 4) is 0 Å². The van der Waals surface area contributed by atoms with Crippen molar-refractivity contribution in [2.24, 2.45) is 0 Å². The van der Waals surface area contributed by atoms with Crippen LogP contribution in [0.25, 0.3) is 0 Å². The van der Waals surface area contributed by atoms with Gasteiger partial charge in [0.1, 0.15) is 12.4 Å². The van der Waals surface area contributed by atoms with Gasteiger partial charge in [-0.15, -0.1) is 0 Å². The lowest BCUT2D eigenvalue weighted by Crippen LogP contribution is -2.19. The van der Waals surface area contributed by atoms with Gasteiger partial charge in [0.2, 0.25) is 0 Å². The number of carbonyl (C=O) groups is 1. The molecule has 1 heterocycles. The van der Waals surface area contributed by atoms with Crippen LogP contribution in [0.5, 0.6) is 0 Å². The fourth-order valence-corrected chi connectivity index (χ4v) is 1.95. The molecule has 1 aliphatic heterocycles. The highest BCUT2D eigenvalue weighted by atomic mass is 19.1. The van der Waals surface area contributed by atoms with E-state index in [2.05, 4.69) is 0 Å². The summed E-state index contributed by atoms with van der Waals surface area (Å²) in [5.41, 5.74) is 5.58. The number of carbonyl (C=O) groups excluding carboxylic acids is 1. The van der Waals surface area contributed by atoms with Gasteiger partial charge in [-0.3, -0.25) is 0 Å². The largest absolute Gasteiger partial charge is 0.459 e. The first kappa shape index (κ1) is 12.8. The average Bonchev–Trinajstić information content (AvgIpc) is 2.72. The fraction of sp³-hybridized carbons (Fsp3) is 0.462. The lowest BCUT2D eigenvalue weighted by atomic mass is 10.2. The number of nitrogen functional groups attached to an aromatic ring is 1. The SMILES string of the molecule is CC1CCC(COC(=O)c2ccc(N)cc2F)O1. The zero-order valence-corrected chi connectivity index (χ0v) is 10.2. The Bertz CT molecular complexity index is 450. The average molecular weight is 253 g/mol. The molecule has 1 saturated heterocycles. The summed E-state index contributed by atoms with van der Waals surface area (Å²) in [4.78, 5) is 11.7. The predicted octanol–water partition coefficient (Wildman–Crippen LogP) is 2.13. The lowest BCUT2D eigenvalue weighted by molar-refractivity contribution is -0.00291. The normalized spacial score (nSPS) is 23.0. The van der Waals surface area contributed by atoms with Gasteiger partial charge in [0.05, 0.1) is 17.8 Å². The maximum Gasteiger partial charge on any atom is 0.341 e. The number of esters is 1. The summed E-state index contributed by atoms with van der Waals surface area (Å²) in [6.45, 7) is 2.13. The van der Waals surface area contributed by atoms with Crippen LogP contribution in [0, 0.1) is 5.82 Å². The third kappa shape index (κ3) is 2.98. The van der Waals surface area contributed by atoms with Crippen molar-refractivity contribution in [1.29, 1.82) is 0 Å². The molecule has 0 spiro atoms. The Morgan fingerprint density at radius 1 is 1.56 bits per heavy atom. The van der Waals surface area contributed by atoms with E-state index < -0.39 is 11.8 Å². The fourth-order valence-electron chi connectivity index (χ4n) is 1.95. The number of halogens is 1. The number of benzene rings is 1. The number of rotatable bonds is 3. The van der Waals surface area contributed by atoms with Gasteiger partial charge < -0.3 is 15.2 Å². The zero-order valence-electron chi connectivity index (χ0n) is 10.2. The highest BCUT2D eigenvalue weighted by Gasteiger charge is 2.23. The maximum atomic E-state index is 13.5. The molecule has 0 saturated carbocycles. The molecule has 1 aliphatic rings. The molecule has 1 aromatic rings. The minimum absolute atomic E-state index is 0.0826. The minimum atomic E-state index is -0.685. The van der Waals surface area contributed by atoms with Gasteiger partial charge in [-0.25, -0.2) is 9.18 Å². The molecule has 5 heteroatoms. The first-order valence-electron chi connectivity index (χ1n) is 5.94. The molecular formula is C13H16FNO3. The van der Waals surface area contributed by atoms with Crippen LogP contribution in [0.2, 0.25) is 0 Å². The first-order valence-corrected chi connectivity index (χ1v) is 5.94. The van der Waals surface area contributed by atoms with Crippen LogP contribution >= 0.6 is 0 Å². The zero-order chi connectivity index (χ0) is 13.1. The Morgan fingerprint density at radius 2 is 2.33 bits per heavy atom. The number of ether oxygens (including phenoxy) is 2. The van der Waals surface area contributed by atoms with E-state index in [-0.39, 0.29) is 30.1 Å². The minimum Gasteiger partial charge on any atom is -0.459 e. The molecule has 0 aliphatic carbocycles. The third-order valence-electron chi connectivity index (χ3n) is 2.93. The number of anilines is 1. The van der Waals surface area contributed by atoms with Crippen LogP contribution < -0.4 is 5.73 Å². The van der Waals surface area contributed by atoms with E-state index in [1.807, 2.05) is 6.92 Å². The Balaban J connectivity index is 1.91. The van der Waals surface area contributed by atoms with Crippen molar-refractivity contribution >= 4 is 11.7 Å². The summed E-state index contributed by atoms with van der Waals surface area (Å²) in [5, 5.41) is 0. The molecule has 1 aromatic carbocycles. The van der Waals surface area contributed by atoms with E-state index in [4.69, 9.17) is 15.2 Å². The van der Waals surface area contributed by atoms with Gasteiger partial charge in [0, 0.05) is 5.69 Å². The number of hydrogen-bond acceptors (Lipinski definition) is 4. The van der Waals surface area contributed by atoms with Crippen molar-refractivity contribution in [3.63, 3.8) is 0 Å². The Labute approximate surface area is 105 Å². The molecule has 2 N–H and O–H groups in total. The summed E-state index contributed by atoms with van der Waals surface area (Å²) in [5.74, 6) is -1.35. The lowest BCUT2D eigenvalue weighted by Gasteiger charge is -2.12. The van der Waals surface area contributed by atoms with E-state index in [1.54, 1.807) is 0 Å². The molecule has 0 bridgehead atoms. The van der Waals surface area contributed by atoms with E-state index in [0.717, 1.165) is 18.9 Å². The molecule has 2 unspecified atom stereocenters. The van der Waals surface area contributed by atoms with Crippen LogP contribution in [-0.2, 0) is 9.47 Å². The number of hydrogen-bond donors (Lipinski definition) is 1. The molecular weight excluding hydrogens is 237 g/mol. The Morgan fingerprint density at radius 3 is 2.94 bits per heavy atom. The summed E-state index contributed by atoms with van der Waals surface area (Å²) in [6, 6.07) is 3.89. The van der Waals surface area contributed by atoms with Crippen molar-refractivity contribution in [2.45, 2.75) is 32.0 Å². The first-order chi connectivity index (χ1) is 8.56. The van der Waals surface area contributed by atoms with Crippen LogP contribution in [-0.4, -0.2) is 24.8 Å². The quantitative estimate of drug-likeness (QED) is 0.662. The molecule has 1 fully saturated rings. The molecule has 18 heavy (non-hydrogen) atoms. The second-order valence-electron chi connectivity index (χ2n) is 4.48. The van der Waals surface area contributed by atoms with Crippen LogP contribution in [0.4, 0.5) is 10.1 Å². The third-order valence-corrected chi connectivity index (χ3v) is 2.93. The maximum absolute atomic E-state index is 13.5. The molecule has 0 amide bonds. The molecule has 2 rings (SSSR count). The van der Waals surface area contributed by atoms with Gasteiger partial charge >= 0.3 is 5.97 Å². The Hall–Kier alpha value is -1.62. The van der Waals surface area contributed by atoms with Gasteiger partial charge in [-0.1, -0.05) is 0 Å². The summed E-state index contributed by atoms with van der Waals surface area (Å²) in [7, 11) is 0. The summed E-state index contributed by atoms with van der Waals surface area (Å²) < 4.78 is 24.0. The van der Waals surface area contributed by atoms with Gasteiger partial charge in [0.15, 0.2) is 0 Å². The molecule has 0 radical (unpaired) electrons. The predicted molar refractivity (Wildman–Crippen MR) is 64.7 cm³/mol. The molecule has 2 atom stereocenters. The van der Waals surface area contributed by atoms with E-state index >= 15 is 0 Å². The van der Waals surface area contributed by atoms with Crippen molar-refractivity contribution in [3.05, 3.63) is 29.6 Å². The number of nitrogens with two attached hydrogens (primary N) is 1. The summed E-state index contributed by atoms with van der Waals surface area (Å²) >= 11 is 0. The van der Waals surface area contributed by atoms with Gasteiger partial charge in [0.25, 0.3) is 0 Å². The van der Waals surface area contributed by atoms with Crippen molar-refractivity contribution in [1.82, 2.24) is 0 Å². The van der Waals surface area contributed by atoms with Crippen molar-refractivity contribution in [2.75, 3.05) is 12.3 Å². The Kier molecular flexibility index (Phi) is 3.81. The highest BCUT2D eigenvalue weighted by Crippen LogP contribution is 2.20. The van der Waals surface area contributed by atoms with E-state index in [1.165, 1.54) is 12.1 Å². The monoisotopic (exact) mass is 253 g/mol. The van der Waals surface area contributed by atoms with Crippen LogP contribution in [0.1, 0.15) is 30.1 Å². The van der Waals surface area contributed by atoms with E-state index in [0.29, 0.717) is 0 Å². The second kappa shape index (κ2) is 5.35. The smallest absolute Gasteiger partial charge is 0.341 e. The van der Waals surface area contributed by atoms with E-state index in [9.17, 15) is 9.18 Å². The van der Waals surface area contributed by atoms with Gasteiger partial charge in [-0.2, -0.15) is 0 Å². The highest BCUT2D eigenvalue weighted by molar-refractivity contribution is 5.90. The van der Waals surface area contributed by atoms with Crippen LogP contribution in [0.15, 0.2) is 18.2 Å². The topological polar surface area (TPSA) is 61.5 Å². The molecule has 4 nitrogen and oxygen atoms in total.